The third-order valence-electron chi connectivity index (χ3n) is 4.99. The van der Waals surface area contributed by atoms with E-state index < -0.39 is 0 Å². The van der Waals surface area contributed by atoms with Gasteiger partial charge in [0.1, 0.15) is 5.78 Å². The Morgan fingerprint density at radius 1 is 1.29 bits per heavy atom. The summed E-state index contributed by atoms with van der Waals surface area (Å²) in [6.45, 7) is 3.44. The molecule has 2 amide bonds. The van der Waals surface area contributed by atoms with E-state index in [1.165, 1.54) is 4.90 Å². The van der Waals surface area contributed by atoms with Crippen LogP contribution in [0.2, 0.25) is 0 Å². The van der Waals surface area contributed by atoms with Gasteiger partial charge in [-0.2, -0.15) is 0 Å². The summed E-state index contributed by atoms with van der Waals surface area (Å²) < 4.78 is 0. The van der Waals surface area contributed by atoms with Crippen molar-refractivity contribution < 1.29 is 14.4 Å². The lowest BCUT2D eigenvalue weighted by Gasteiger charge is -2.22. The van der Waals surface area contributed by atoms with Gasteiger partial charge in [-0.05, 0) is 38.5 Å². The van der Waals surface area contributed by atoms with Crippen molar-refractivity contribution in [3.8, 4) is 0 Å². The van der Waals surface area contributed by atoms with Crippen LogP contribution in [-0.4, -0.2) is 28.5 Å². The zero-order valence-electron chi connectivity index (χ0n) is 12.5. The van der Waals surface area contributed by atoms with Crippen LogP contribution in [0.25, 0.3) is 0 Å². The minimum absolute atomic E-state index is 0.00873. The summed E-state index contributed by atoms with van der Waals surface area (Å²) in [5.41, 5.74) is 0. The number of hydrogen-bond acceptors (Lipinski definition) is 3. The van der Waals surface area contributed by atoms with E-state index in [-0.39, 0.29) is 47.3 Å². The Labute approximate surface area is 124 Å². The molecular weight excluding hydrogens is 266 g/mol. The molecule has 4 heteroatoms. The van der Waals surface area contributed by atoms with Crippen molar-refractivity contribution in [2.75, 3.05) is 0 Å². The van der Waals surface area contributed by atoms with Gasteiger partial charge in [-0.15, -0.1) is 0 Å². The quantitative estimate of drug-likeness (QED) is 0.575. The number of imide groups is 1. The molecule has 5 atom stereocenters. The van der Waals surface area contributed by atoms with Gasteiger partial charge >= 0.3 is 0 Å². The molecule has 112 valence electrons. The number of likely N-dealkylation sites (tertiary alicyclic amines) is 1. The standard InChI is InChI=1S/C17H21NO3/c1-10(5-3-4-6-11(2)19)18-16(20)14-12-7-8-13(9-12)15(14)17(18)21/h3,5,7-8,10,12-15H,4,6,9H2,1-2H3/b5-3-. The molecule has 1 saturated heterocycles. The van der Waals surface area contributed by atoms with Crippen LogP contribution in [0.5, 0.6) is 0 Å². The predicted octanol–water partition coefficient (Wildman–Crippen LogP) is 2.11. The Kier molecular flexibility index (Phi) is 3.56. The molecule has 0 radical (unpaired) electrons. The first-order valence-corrected chi connectivity index (χ1v) is 7.72. The van der Waals surface area contributed by atoms with Gasteiger partial charge in [-0.25, -0.2) is 0 Å². The average Bonchev–Trinajstić information content (AvgIpc) is 3.09. The summed E-state index contributed by atoms with van der Waals surface area (Å²) in [6, 6.07) is -0.220. The van der Waals surface area contributed by atoms with E-state index in [0.717, 1.165) is 6.42 Å². The van der Waals surface area contributed by atoms with Gasteiger partial charge in [0.05, 0.1) is 17.9 Å². The smallest absolute Gasteiger partial charge is 0.234 e. The highest BCUT2D eigenvalue weighted by atomic mass is 16.2. The lowest BCUT2D eigenvalue weighted by molar-refractivity contribution is -0.142. The molecule has 1 heterocycles. The highest BCUT2D eigenvalue weighted by molar-refractivity contribution is 6.06. The van der Waals surface area contributed by atoms with Crippen molar-refractivity contribution in [1.29, 1.82) is 0 Å². The van der Waals surface area contributed by atoms with Crippen molar-refractivity contribution in [3.05, 3.63) is 24.3 Å². The normalized spacial score (nSPS) is 35.0. The first kappa shape index (κ1) is 14.2. The van der Waals surface area contributed by atoms with Crippen LogP contribution < -0.4 is 0 Å². The second-order valence-electron chi connectivity index (χ2n) is 6.46. The Morgan fingerprint density at radius 3 is 2.38 bits per heavy atom. The maximum atomic E-state index is 12.6. The number of fused-ring (bicyclic) bond motifs is 5. The third kappa shape index (κ3) is 2.27. The van der Waals surface area contributed by atoms with Crippen molar-refractivity contribution >= 4 is 17.6 Å². The van der Waals surface area contributed by atoms with Crippen molar-refractivity contribution in [2.45, 2.75) is 39.2 Å². The lowest BCUT2D eigenvalue weighted by atomic mass is 9.85. The van der Waals surface area contributed by atoms with Gasteiger partial charge in [0.15, 0.2) is 0 Å². The van der Waals surface area contributed by atoms with Crippen LogP contribution in [0.15, 0.2) is 24.3 Å². The molecule has 3 aliphatic rings. The number of amides is 2. The fourth-order valence-corrected chi connectivity index (χ4v) is 3.99. The third-order valence-corrected chi connectivity index (χ3v) is 4.99. The molecular formula is C17H21NO3. The molecule has 2 fully saturated rings. The van der Waals surface area contributed by atoms with Crippen LogP contribution in [0, 0.1) is 23.7 Å². The van der Waals surface area contributed by atoms with Crippen LogP contribution in [-0.2, 0) is 14.4 Å². The molecule has 0 aromatic rings. The maximum Gasteiger partial charge on any atom is 0.234 e. The Morgan fingerprint density at radius 2 is 1.86 bits per heavy atom. The van der Waals surface area contributed by atoms with E-state index in [1.807, 2.05) is 19.1 Å². The Hall–Kier alpha value is -1.71. The number of nitrogens with zero attached hydrogens (tertiary/aromatic N) is 1. The number of carbonyl (C=O) groups excluding carboxylic acids is 3. The monoisotopic (exact) mass is 287 g/mol. The molecule has 4 nitrogen and oxygen atoms in total. The summed E-state index contributed by atoms with van der Waals surface area (Å²) in [5, 5.41) is 0. The second kappa shape index (κ2) is 5.24. The number of allylic oxidation sites excluding steroid dienone is 3. The predicted molar refractivity (Wildman–Crippen MR) is 78.1 cm³/mol. The summed E-state index contributed by atoms with van der Waals surface area (Å²) in [5.74, 6) is 0.403. The SMILES string of the molecule is CC(=O)CC/C=C\C(C)N1C(=O)C2C3C=CC(C3)C2C1=O. The fraction of sp³-hybridized carbons (Fsp3) is 0.588. The van der Waals surface area contributed by atoms with Crippen molar-refractivity contribution in [3.63, 3.8) is 0 Å². The van der Waals surface area contributed by atoms with Gasteiger partial charge in [0.2, 0.25) is 11.8 Å². The van der Waals surface area contributed by atoms with Crippen LogP contribution in [0.3, 0.4) is 0 Å². The minimum atomic E-state index is -0.220. The van der Waals surface area contributed by atoms with E-state index in [1.54, 1.807) is 6.92 Å². The summed E-state index contributed by atoms with van der Waals surface area (Å²) in [7, 11) is 0. The highest BCUT2D eigenvalue weighted by Gasteiger charge is 2.59. The molecule has 5 unspecified atom stereocenters. The first-order valence-electron chi connectivity index (χ1n) is 7.72. The van der Waals surface area contributed by atoms with E-state index in [2.05, 4.69) is 12.2 Å². The molecule has 2 bridgehead atoms. The number of Topliss-reactive ketones (excluding diaryl/α,β-unsaturated/α-hetero) is 1. The summed E-state index contributed by atoms with van der Waals surface area (Å²) >= 11 is 0. The Bertz CT molecular complexity index is 518. The molecule has 0 N–H and O–H groups in total. The molecule has 1 aliphatic heterocycles. The number of rotatable bonds is 5. The topological polar surface area (TPSA) is 54.5 Å². The zero-order chi connectivity index (χ0) is 15.1. The van der Waals surface area contributed by atoms with E-state index >= 15 is 0 Å². The summed E-state index contributed by atoms with van der Waals surface area (Å²) in [4.78, 5) is 37.4. The van der Waals surface area contributed by atoms with Gasteiger partial charge in [-0.3, -0.25) is 14.5 Å². The van der Waals surface area contributed by atoms with Gasteiger partial charge in [0.25, 0.3) is 0 Å². The van der Waals surface area contributed by atoms with E-state index in [4.69, 9.17) is 0 Å². The number of hydrogen-bond donors (Lipinski definition) is 0. The largest absolute Gasteiger partial charge is 0.300 e. The fourth-order valence-electron chi connectivity index (χ4n) is 3.99. The minimum Gasteiger partial charge on any atom is -0.300 e. The maximum absolute atomic E-state index is 12.6. The van der Waals surface area contributed by atoms with E-state index in [9.17, 15) is 14.4 Å². The first-order chi connectivity index (χ1) is 10.0. The van der Waals surface area contributed by atoms with Crippen LogP contribution in [0.1, 0.15) is 33.1 Å². The van der Waals surface area contributed by atoms with Crippen LogP contribution >= 0.6 is 0 Å². The molecule has 2 aliphatic carbocycles. The molecule has 21 heavy (non-hydrogen) atoms. The molecule has 1 saturated carbocycles. The molecule has 0 aromatic heterocycles. The lowest BCUT2D eigenvalue weighted by Crippen LogP contribution is -2.39. The van der Waals surface area contributed by atoms with Gasteiger partial charge in [-0.1, -0.05) is 24.3 Å². The number of ketones is 1. The van der Waals surface area contributed by atoms with E-state index in [0.29, 0.717) is 12.8 Å². The second-order valence-corrected chi connectivity index (χ2v) is 6.46. The molecule has 0 spiro atoms. The highest BCUT2D eigenvalue weighted by Crippen LogP contribution is 2.52. The van der Waals surface area contributed by atoms with Crippen molar-refractivity contribution in [2.24, 2.45) is 23.7 Å². The van der Waals surface area contributed by atoms with Crippen molar-refractivity contribution in [1.82, 2.24) is 4.90 Å². The Balaban J connectivity index is 1.68. The average molecular weight is 287 g/mol. The summed E-state index contributed by atoms with van der Waals surface area (Å²) in [6.07, 6.45) is 10.1. The van der Waals surface area contributed by atoms with Gasteiger partial charge in [0, 0.05) is 6.42 Å². The van der Waals surface area contributed by atoms with Gasteiger partial charge < -0.3 is 4.79 Å². The molecule has 0 aromatic carbocycles. The van der Waals surface area contributed by atoms with Crippen LogP contribution in [0.4, 0.5) is 0 Å². The molecule has 3 rings (SSSR count). The zero-order valence-corrected chi connectivity index (χ0v) is 12.5. The number of carbonyl (C=O) groups is 3.